The minimum absolute atomic E-state index is 0.683. The largest absolute Gasteiger partial charge is 0.494 e. The molecule has 0 aliphatic rings. The van der Waals surface area contributed by atoms with Gasteiger partial charge in [-0.05, 0) is 64.1 Å². The monoisotopic (exact) mass is 448 g/mol. The molecule has 0 aliphatic heterocycles. The van der Waals surface area contributed by atoms with E-state index in [9.17, 15) is 0 Å². The molecule has 0 amide bonds. The van der Waals surface area contributed by atoms with Crippen molar-refractivity contribution >= 4 is 11.4 Å². The quantitative estimate of drug-likeness (QED) is 0.433. The van der Waals surface area contributed by atoms with E-state index >= 15 is 0 Å². The summed E-state index contributed by atoms with van der Waals surface area (Å²) in [5.41, 5.74) is 13.4. The van der Waals surface area contributed by atoms with Gasteiger partial charge in [-0.3, -0.25) is 0 Å². The number of methoxy groups -OCH3 is 2. The molecule has 0 saturated carbocycles. The van der Waals surface area contributed by atoms with Crippen LogP contribution in [0.25, 0.3) is 11.4 Å². The zero-order valence-corrected chi connectivity index (χ0v) is 20.3. The van der Waals surface area contributed by atoms with E-state index in [1.165, 1.54) is 0 Å². The Bertz CT molecular complexity index is 1240. The fourth-order valence-corrected chi connectivity index (χ4v) is 3.62. The highest BCUT2D eigenvalue weighted by molar-refractivity contribution is 5.58. The molecule has 174 valence electrons. The van der Waals surface area contributed by atoms with E-state index in [4.69, 9.17) is 15.2 Å². The number of rotatable bonds is 5. The fraction of sp³-hybridized carbons (Fsp3) is 0.280. The van der Waals surface area contributed by atoms with Gasteiger partial charge in [0.2, 0.25) is 0 Å². The van der Waals surface area contributed by atoms with E-state index in [1.54, 1.807) is 20.3 Å². The first-order valence-corrected chi connectivity index (χ1v) is 10.6. The lowest BCUT2D eigenvalue weighted by atomic mass is 10.2. The number of hydrogen-bond donors (Lipinski definition) is 2. The van der Waals surface area contributed by atoms with Gasteiger partial charge in [0.25, 0.3) is 0 Å². The third kappa shape index (κ3) is 5.28. The molecule has 0 aliphatic carbocycles. The van der Waals surface area contributed by atoms with Gasteiger partial charge in [-0.25, -0.2) is 9.36 Å². The number of anilines is 2. The molecule has 0 atom stereocenters. The molecule has 2 aromatic heterocycles. The molecule has 8 nitrogen and oxygen atoms in total. The maximum Gasteiger partial charge on any atom is 0.146 e. The summed E-state index contributed by atoms with van der Waals surface area (Å²) in [7, 11) is 5.19. The molecule has 4 rings (SSSR count). The van der Waals surface area contributed by atoms with Crippen LogP contribution in [0.1, 0.15) is 22.8 Å². The van der Waals surface area contributed by atoms with E-state index in [1.807, 2.05) is 86.6 Å². The van der Waals surface area contributed by atoms with Crippen LogP contribution >= 0.6 is 0 Å². The van der Waals surface area contributed by atoms with Crippen LogP contribution in [-0.2, 0) is 0 Å². The smallest absolute Gasteiger partial charge is 0.146 e. The number of nitrogens with one attached hydrogen (secondary N) is 1. The standard InChI is InChI=1S/C13H17N3O.C12H15N3O/c1-9-7-10(2)16(15-9)12-6-5-11(14-3)8-13(12)17-4;1-8-6-9(2)15(14-8)11-5-4-10(13)7-12(11)16-3/h5-8,14H,1-4H3;4-7H,13H2,1-3H3. The van der Waals surface area contributed by atoms with E-state index < -0.39 is 0 Å². The lowest BCUT2D eigenvalue weighted by Gasteiger charge is -2.11. The molecule has 0 fully saturated rings. The van der Waals surface area contributed by atoms with Crippen molar-refractivity contribution in [1.29, 1.82) is 0 Å². The number of nitrogens with two attached hydrogens (primary N) is 1. The molecule has 33 heavy (non-hydrogen) atoms. The number of nitrogen functional groups attached to an aromatic ring is 1. The first kappa shape index (κ1) is 23.7. The van der Waals surface area contributed by atoms with Gasteiger partial charge in [-0.1, -0.05) is 0 Å². The number of ether oxygens (including phenoxy) is 2. The van der Waals surface area contributed by atoms with E-state index in [2.05, 4.69) is 15.5 Å². The molecule has 0 spiro atoms. The maximum atomic E-state index is 5.71. The summed E-state index contributed by atoms with van der Waals surface area (Å²) in [4.78, 5) is 0. The van der Waals surface area contributed by atoms with Crippen molar-refractivity contribution in [3.05, 3.63) is 71.3 Å². The van der Waals surface area contributed by atoms with Gasteiger partial charge >= 0.3 is 0 Å². The number of aromatic nitrogens is 4. The normalized spacial score (nSPS) is 10.4. The average molecular weight is 449 g/mol. The molecule has 3 N–H and O–H groups in total. The Balaban J connectivity index is 0.000000186. The van der Waals surface area contributed by atoms with E-state index in [0.717, 1.165) is 51.3 Å². The summed E-state index contributed by atoms with van der Waals surface area (Å²) in [6.07, 6.45) is 0. The van der Waals surface area contributed by atoms with Crippen LogP contribution in [0, 0.1) is 27.7 Å². The summed E-state index contributed by atoms with van der Waals surface area (Å²) >= 11 is 0. The van der Waals surface area contributed by atoms with Gasteiger partial charge in [0.1, 0.15) is 22.9 Å². The van der Waals surface area contributed by atoms with Crippen LogP contribution in [-0.4, -0.2) is 40.8 Å². The van der Waals surface area contributed by atoms with Gasteiger partial charge < -0.3 is 20.5 Å². The van der Waals surface area contributed by atoms with Crippen LogP contribution in [0.2, 0.25) is 0 Å². The summed E-state index contributed by atoms with van der Waals surface area (Å²) in [6, 6.07) is 15.6. The van der Waals surface area contributed by atoms with Crippen LogP contribution in [0.3, 0.4) is 0 Å². The van der Waals surface area contributed by atoms with Crippen molar-refractivity contribution in [2.24, 2.45) is 0 Å². The molecule has 4 aromatic rings. The molecule has 0 saturated heterocycles. The Morgan fingerprint density at radius 2 is 1.21 bits per heavy atom. The second-order valence-electron chi connectivity index (χ2n) is 7.75. The van der Waals surface area contributed by atoms with Gasteiger partial charge in [-0.15, -0.1) is 0 Å². The highest BCUT2D eigenvalue weighted by Crippen LogP contribution is 2.28. The third-order valence-electron chi connectivity index (χ3n) is 5.15. The van der Waals surface area contributed by atoms with Gasteiger partial charge in [-0.2, -0.15) is 10.2 Å². The number of nitrogens with zero attached hydrogens (tertiary/aromatic N) is 4. The molecule has 8 heteroatoms. The van der Waals surface area contributed by atoms with E-state index in [0.29, 0.717) is 5.69 Å². The zero-order valence-electron chi connectivity index (χ0n) is 20.3. The number of aryl methyl sites for hydroxylation is 4. The predicted molar refractivity (Wildman–Crippen MR) is 133 cm³/mol. The van der Waals surface area contributed by atoms with Gasteiger partial charge in [0, 0.05) is 41.9 Å². The topological polar surface area (TPSA) is 92.1 Å². The van der Waals surface area contributed by atoms with Crippen molar-refractivity contribution in [3.63, 3.8) is 0 Å². The van der Waals surface area contributed by atoms with Gasteiger partial charge in [0.05, 0.1) is 25.6 Å². The van der Waals surface area contributed by atoms with Crippen molar-refractivity contribution in [3.8, 4) is 22.9 Å². The van der Waals surface area contributed by atoms with Crippen LogP contribution in [0.4, 0.5) is 11.4 Å². The Labute approximate surface area is 194 Å². The molecular weight excluding hydrogens is 416 g/mol. The van der Waals surface area contributed by atoms with Crippen LogP contribution in [0.5, 0.6) is 11.5 Å². The minimum Gasteiger partial charge on any atom is -0.494 e. The van der Waals surface area contributed by atoms with Crippen LogP contribution < -0.4 is 20.5 Å². The zero-order chi connectivity index (χ0) is 24.1. The number of benzene rings is 2. The van der Waals surface area contributed by atoms with Gasteiger partial charge in [0.15, 0.2) is 0 Å². The Morgan fingerprint density at radius 1 is 0.727 bits per heavy atom. The average Bonchev–Trinajstić information content (AvgIpc) is 3.32. The summed E-state index contributed by atoms with van der Waals surface area (Å²) in [6.45, 7) is 7.99. The first-order valence-electron chi connectivity index (χ1n) is 10.6. The molecule has 2 heterocycles. The molecule has 0 unspecified atom stereocenters. The summed E-state index contributed by atoms with van der Waals surface area (Å²) in [5.74, 6) is 1.54. The lowest BCUT2D eigenvalue weighted by molar-refractivity contribution is 0.411. The van der Waals surface area contributed by atoms with Crippen molar-refractivity contribution in [1.82, 2.24) is 19.6 Å². The number of hydrogen-bond acceptors (Lipinski definition) is 6. The highest BCUT2D eigenvalue weighted by Gasteiger charge is 2.11. The van der Waals surface area contributed by atoms with Crippen molar-refractivity contribution in [2.75, 3.05) is 32.3 Å². The second-order valence-corrected chi connectivity index (χ2v) is 7.75. The highest BCUT2D eigenvalue weighted by atomic mass is 16.5. The molecule has 0 bridgehead atoms. The molecular formula is C25H32N6O2. The minimum atomic E-state index is 0.683. The first-order chi connectivity index (χ1) is 15.8. The third-order valence-corrected chi connectivity index (χ3v) is 5.15. The fourth-order valence-electron chi connectivity index (χ4n) is 3.62. The lowest BCUT2D eigenvalue weighted by Crippen LogP contribution is -2.02. The van der Waals surface area contributed by atoms with Crippen molar-refractivity contribution < 1.29 is 9.47 Å². The second kappa shape index (κ2) is 10.1. The maximum absolute atomic E-state index is 5.71. The summed E-state index contributed by atoms with van der Waals surface area (Å²) < 4.78 is 14.5. The van der Waals surface area contributed by atoms with Crippen molar-refractivity contribution in [2.45, 2.75) is 27.7 Å². The predicted octanol–water partition coefficient (Wildman–Crippen LogP) is 4.62. The van der Waals surface area contributed by atoms with E-state index in [-0.39, 0.29) is 0 Å². The molecule has 2 aromatic carbocycles. The Kier molecular flexibility index (Phi) is 7.27. The summed E-state index contributed by atoms with van der Waals surface area (Å²) in [5, 5.41) is 12.0. The Hall–Kier alpha value is -3.94. The molecule has 0 radical (unpaired) electrons. The SMILES string of the molecule is CNc1ccc(-n2nc(C)cc2C)c(OC)c1.COc1cc(N)ccc1-n1nc(C)cc1C. The van der Waals surface area contributed by atoms with Crippen LogP contribution in [0.15, 0.2) is 48.5 Å². The Morgan fingerprint density at radius 3 is 1.64 bits per heavy atom.